The fourth-order valence-electron chi connectivity index (χ4n) is 4.11. The first-order valence-corrected chi connectivity index (χ1v) is 12.5. The normalized spacial score (nSPS) is 30.8. The molecule has 3 heterocycles. The number of aromatic amines is 1. The standard InChI is InChI=1S/C22H26N2O7Si/c1-4-13-27-20-19-17(29-21(20)24-12-11-18(25)23-22(24)26)14-28-31-32(30-19,15(3)5-2)16-9-7-6-8-10-16/h1,6-12,15,17,19-21H,5,13-14H2,2-3H3,(H,23,25,26)/t15?,17-,19-,20-,21-,32?/m0/s1. The number of benzene rings is 1. The number of terminal acetylenes is 1. The van der Waals surface area contributed by atoms with Crippen molar-refractivity contribution in [3.05, 3.63) is 63.4 Å². The molecule has 0 saturated carbocycles. The van der Waals surface area contributed by atoms with Crippen LogP contribution in [0.1, 0.15) is 26.5 Å². The van der Waals surface area contributed by atoms with Crippen LogP contribution in [-0.2, 0) is 23.4 Å². The number of nitrogens with zero attached hydrogens (tertiary/aromatic N) is 1. The van der Waals surface area contributed by atoms with Crippen LogP contribution in [0.25, 0.3) is 0 Å². The van der Waals surface area contributed by atoms with Crippen LogP contribution in [0.3, 0.4) is 0 Å². The van der Waals surface area contributed by atoms with Crippen molar-refractivity contribution in [3.8, 4) is 12.3 Å². The number of fused-ring (bicyclic) bond motifs is 1. The Morgan fingerprint density at radius 1 is 1.31 bits per heavy atom. The molecule has 2 unspecified atom stereocenters. The Balaban J connectivity index is 1.76. The van der Waals surface area contributed by atoms with E-state index in [2.05, 4.69) is 24.8 Å². The molecule has 0 radical (unpaired) electrons. The number of aromatic nitrogens is 2. The van der Waals surface area contributed by atoms with Gasteiger partial charge in [0.05, 0.1) is 0 Å². The molecule has 6 atom stereocenters. The van der Waals surface area contributed by atoms with Crippen LogP contribution < -0.4 is 16.4 Å². The maximum atomic E-state index is 12.5. The fourth-order valence-corrected chi connectivity index (χ4v) is 7.47. The Hall–Kier alpha value is -2.52. The monoisotopic (exact) mass is 458 g/mol. The topological polar surface area (TPSA) is 101 Å². The van der Waals surface area contributed by atoms with Gasteiger partial charge in [0.15, 0.2) is 6.23 Å². The van der Waals surface area contributed by atoms with Crippen molar-refractivity contribution in [2.75, 3.05) is 13.2 Å². The highest BCUT2D eigenvalue weighted by molar-refractivity contribution is 6.82. The van der Waals surface area contributed by atoms with Gasteiger partial charge >= 0.3 is 14.3 Å². The highest BCUT2D eigenvalue weighted by Crippen LogP contribution is 2.40. The van der Waals surface area contributed by atoms with Crippen molar-refractivity contribution >= 4 is 13.7 Å². The predicted molar refractivity (Wildman–Crippen MR) is 117 cm³/mol. The lowest BCUT2D eigenvalue weighted by molar-refractivity contribution is -0.239. The predicted octanol–water partition coefficient (Wildman–Crippen LogP) is 0.949. The third kappa shape index (κ3) is 4.11. The van der Waals surface area contributed by atoms with Gasteiger partial charge in [0.2, 0.25) is 0 Å². The Labute approximate surface area is 186 Å². The second kappa shape index (κ2) is 9.54. The van der Waals surface area contributed by atoms with E-state index in [0.717, 1.165) is 11.6 Å². The number of ether oxygens (including phenoxy) is 2. The van der Waals surface area contributed by atoms with E-state index in [4.69, 9.17) is 29.8 Å². The third-order valence-electron chi connectivity index (χ3n) is 5.93. The maximum absolute atomic E-state index is 12.5. The van der Waals surface area contributed by atoms with E-state index in [1.165, 1.54) is 16.8 Å². The van der Waals surface area contributed by atoms with Gasteiger partial charge in [-0.2, -0.15) is 0 Å². The van der Waals surface area contributed by atoms with Gasteiger partial charge in [-0.15, -0.1) is 6.42 Å². The molecule has 0 bridgehead atoms. The Kier molecular flexibility index (Phi) is 6.76. The quantitative estimate of drug-likeness (QED) is 0.391. The molecule has 2 aliphatic heterocycles. The summed E-state index contributed by atoms with van der Waals surface area (Å²) >= 11 is 0. The SMILES string of the molecule is C#CCO[C@H]1[C@H]2O[Si](c3ccccc3)(C(C)CC)OOC[C@@H]2O[C@@H]1n1ccc(=O)[nH]c1=O. The van der Waals surface area contributed by atoms with Crippen molar-refractivity contribution in [2.45, 2.75) is 50.3 Å². The molecule has 1 N–H and O–H groups in total. The second-order valence-corrected chi connectivity index (χ2v) is 11.2. The summed E-state index contributed by atoms with van der Waals surface area (Å²) in [6.07, 6.45) is 4.88. The molecule has 2 aliphatic rings. The van der Waals surface area contributed by atoms with Gasteiger partial charge in [-0.05, 0) is 5.19 Å². The van der Waals surface area contributed by atoms with Crippen LogP contribution >= 0.6 is 0 Å². The second-order valence-electron chi connectivity index (χ2n) is 7.86. The molecule has 2 fully saturated rings. The zero-order chi connectivity index (χ0) is 22.7. The molecule has 4 rings (SSSR count). The molecule has 32 heavy (non-hydrogen) atoms. The molecule has 170 valence electrons. The molecule has 9 nitrogen and oxygen atoms in total. The van der Waals surface area contributed by atoms with E-state index in [0.29, 0.717) is 0 Å². The minimum atomic E-state index is -3.11. The summed E-state index contributed by atoms with van der Waals surface area (Å²) in [6, 6.07) is 11.0. The number of hydrogen-bond donors (Lipinski definition) is 1. The lowest BCUT2D eigenvalue weighted by Crippen LogP contribution is -2.59. The molecule has 2 aromatic rings. The summed E-state index contributed by atoms with van der Waals surface area (Å²) in [5, 5.41) is 0.926. The molecule has 2 saturated heterocycles. The number of nitrogens with one attached hydrogen (secondary N) is 1. The summed E-state index contributed by atoms with van der Waals surface area (Å²) in [7, 11) is -3.11. The number of rotatable bonds is 6. The fraction of sp³-hybridized carbons (Fsp3) is 0.455. The molecule has 10 heteroatoms. The number of H-pyrrole nitrogens is 1. The third-order valence-corrected chi connectivity index (χ3v) is 9.77. The van der Waals surface area contributed by atoms with Crippen molar-refractivity contribution in [3.63, 3.8) is 0 Å². The Bertz CT molecular complexity index is 1080. The van der Waals surface area contributed by atoms with Crippen molar-refractivity contribution < 1.29 is 23.4 Å². The van der Waals surface area contributed by atoms with Gasteiger partial charge in [-0.3, -0.25) is 14.3 Å². The smallest absolute Gasteiger partial charge is 0.381 e. The summed E-state index contributed by atoms with van der Waals surface area (Å²) in [6.45, 7) is 4.23. The van der Waals surface area contributed by atoms with E-state index < -0.39 is 44.3 Å². The minimum absolute atomic E-state index is 0.000148. The minimum Gasteiger partial charge on any atom is -0.381 e. The first-order valence-electron chi connectivity index (χ1n) is 10.6. The van der Waals surface area contributed by atoms with Crippen LogP contribution in [-0.4, -0.2) is 49.6 Å². The molecule has 0 spiro atoms. The first-order chi connectivity index (χ1) is 15.5. The van der Waals surface area contributed by atoms with E-state index >= 15 is 0 Å². The Morgan fingerprint density at radius 3 is 2.78 bits per heavy atom. The van der Waals surface area contributed by atoms with Crippen molar-refractivity contribution in [1.29, 1.82) is 0 Å². The first kappa shape index (κ1) is 22.7. The average Bonchev–Trinajstić information content (AvgIpc) is 3.00. The Morgan fingerprint density at radius 2 is 2.09 bits per heavy atom. The molecule has 1 aromatic carbocycles. The molecule has 0 aliphatic carbocycles. The van der Waals surface area contributed by atoms with Gasteiger partial charge < -0.3 is 13.9 Å². The highest BCUT2D eigenvalue weighted by atomic mass is 28.4. The van der Waals surface area contributed by atoms with Crippen molar-refractivity contribution in [1.82, 2.24) is 9.55 Å². The molecule has 1 aromatic heterocycles. The molecular weight excluding hydrogens is 432 g/mol. The summed E-state index contributed by atoms with van der Waals surface area (Å²) in [5.74, 6) is 2.46. The highest BCUT2D eigenvalue weighted by Gasteiger charge is 2.58. The molecule has 0 amide bonds. The van der Waals surface area contributed by atoms with Crippen molar-refractivity contribution in [2.24, 2.45) is 0 Å². The van der Waals surface area contributed by atoms with Gasteiger partial charge in [0, 0.05) is 17.8 Å². The van der Waals surface area contributed by atoms with Crippen LogP contribution in [0.2, 0.25) is 5.54 Å². The van der Waals surface area contributed by atoms with E-state index in [-0.39, 0.29) is 18.8 Å². The number of hydrogen-bond acceptors (Lipinski definition) is 7. The largest absolute Gasteiger partial charge is 0.410 e. The lowest BCUT2D eigenvalue weighted by Gasteiger charge is -2.36. The summed E-state index contributed by atoms with van der Waals surface area (Å²) in [4.78, 5) is 31.9. The summed E-state index contributed by atoms with van der Waals surface area (Å²) in [5.41, 5.74) is -1.06. The van der Waals surface area contributed by atoms with Gasteiger partial charge in [-0.1, -0.05) is 56.5 Å². The van der Waals surface area contributed by atoms with E-state index in [1.807, 2.05) is 30.3 Å². The summed E-state index contributed by atoms with van der Waals surface area (Å²) < 4.78 is 26.2. The average molecular weight is 459 g/mol. The van der Waals surface area contributed by atoms with E-state index in [1.54, 1.807) is 0 Å². The van der Waals surface area contributed by atoms with Gasteiger partial charge in [0.25, 0.3) is 5.56 Å². The maximum Gasteiger partial charge on any atom is 0.410 e. The van der Waals surface area contributed by atoms with Crippen LogP contribution in [0, 0.1) is 12.3 Å². The zero-order valence-electron chi connectivity index (χ0n) is 17.9. The lowest BCUT2D eigenvalue weighted by atomic mass is 10.1. The molecular formula is C22H26N2O7Si. The van der Waals surface area contributed by atoms with Crippen LogP contribution in [0.15, 0.2) is 52.2 Å². The van der Waals surface area contributed by atoms with E-state index in [9.17, 15) is 9.59 Å². The van der Waals surface area contributed by atoms with Crippen LogP contribution in [0.5, 0.6) is 0 Å². The van der Waals surface area contributed by atoms with Gasteiger partial charge in [-0.25, -0.2) is 14.3 Å². The van der Waals surface area contributed by atoms with Crippen LogP contribution in [0.4, 0.5) is 0 Å². The van der Waals surface area contributed by atoms with Gasteiger partial charge in [0.1, 0.15) is 31.5 Å². The zero-order valence-corrected chi connectivity index (χ0v) is 18.9.